The predicted molar refractivity (Wildman–Crippen MR) is 88.1 cm³/mol. The summed E-state index contributed by atoms with van der Waals surface area (Å²) in [5, 5.41) is 2.59. The number of hydrogen-bond acceptors (Lipinski definition) is 4. The molecular formula is C18H20FNO4. The first-order valence-corrected chi connectivity index (χ1v) is 7.74. The van der Waals surface area contributed by atoms with Gasteiger partial charge in [0, 0.05) is 0 Å². The van der Waals surface area contributed by atoms with Crippen molar-refractivity contribution in [2.24, 2.45) is 0 Å². The van der Waals surface area contributed by atoms with Crippen LogP contribution in [0.3, 0.4) is 0 Å². The molecule has 6 heteroatoms. The highest BCUT2D eigenvalue weighted by molar-refractivity contribution is 5.67. The number of alkyl carbamates (subject to hydrolysis) is 1. The number of carbonyl (C=O) groups excluding carboxylic acids is 1. The van der Waals surface area contributed by atoms with E-state index < -0.39 is 6.09 Å². The fraction of sp³-hybridized carbons (Fsp3) is 0.278. The van der Waals surface area contributed by atoms with Crippen molar-refractivity contribution in [3.8, 4) is 17.2 Å². The summed E-state index contributed by atoms with van der Waals surface area (Å²) in [4.78, 5) is 11.2. The molecule has 0 saturated heterocycles. The number of benzene rings is 2. The molecule has 0 aliphatic heterocycles. The summed E-state index contributed by atoms with van der Waals surface area (Å²) in [7, 11) is 0. The van der Waals surface area contributed by atoms with E-state index in [0.717, 1.165) is 6.42 Å². The van der Waals surface area contributed by atoms with Crippen LogP contribution in [0, 0.1) is 5.82 Å². The molecule has 1 N–H and O–H groups in total. The van der Waals surface area contributed by atoms with Crippen molar-refractivity contribution < 1.29 is 23.4 Å². The Kier molecular flexibility index (Phi) is 6.89. The molecule has 2 rings (SSSR count). The SMILES string of the molecule is CCCOC(=O)NCCOc1ccc(Oc2ccc(F)cc2)cc1. The van der Waals surface area contributed by atoms with Crippen molar-refractivity contribution >= 4 is 6.09 Å². The van der Waals surface area contributed by atoms with E-state index in [1.165, 1.54) is 12.1 Å². The van der Waals surface area contributed by atoms with Gasteiger partial charge in [-0.3, -0.25) is 0 Å². The van der Waals surface area contributed by atoms with Crippen molar-refractivity contribution in [1.82, 2.24) is 5.32 Å². The van der Waals surface area contributed by atoms with Crippen molar-refractivity contribution in [1.29, 1.82) is 0 Å². The van der Waals surface area contributed by atoms with Gasteiger partial charge in [-0.05, 0) is 55.0 Å². The molecule has 0 aliphatic rings. The van der Waals surface area contributed by atoms with Gasteiger partial charge in [-0.25, -0.2) is 9.18 Å². The Balaban J connectivity index is 1.72. The van der Waals surface area contributed by atoms with E-state index in [4.69, 9.17) is 14.2 Å². The van der Waals surface area contributed by atoms with Crippen molar-refractivity contribution in [2.45, 2.75) is 13.3 Å². The van der Waals surface area contributed by atoms with Gasteiger partial charge in [0.25, 0.3) is 0 Å². The van der Waals surface area contributed by atoms with Crippen LogP contribution in [0.1, 0.15) is 13.3 Å². The van der Waals surface area contributed by atoms with E-state index in [2.05, 4.69) is 5.32 Å². The van der Waals surface area contributed by atoms with E-state index in [-0.39, 0.29) is 5.82 Å². The van der Waals surface area contributed by atoms with E-state index in [0.29, 0.717) is 37.0 Å². The van der Waals surface area contributed by atoms with E-state index >= 15 is 0 Å². The highest BCUT2D eigenvalue weighted by Gasteiger charge is 2.01. The predicted octanol–water partition coefficient (Wildman–Crippen LogP) is 4.13. The fourth-order valence-corrected chi connectivity index (χ4v) is 1.81. The number of amides is 1. The molecule has 0 bridgehead atoms. The molecule has 1 amide bonds. The van der Waals surface area contributed by atoms with Crippen LogP contribution in [0.2, 0.25) is 0 Å². The molecule has 0 fully saturated rings. The highest BCUT2D eigenvalue weighted by Crippen LogP contribution is 2.23. The molecule has 128 valence electrons. The standard InChI is InChI=1S/C18H20FNO4/c1-2-12-23-18(21)20-11-13-22-15-7-9-17(10-8-15)24-16-5-3-14(19)4-6-16/h3-10H,2,11-13H2,1H3,(H,20,21). The first-order valence-electron chi connectivity index (χ1n) is 7.74. The third-order valence-corrected chi connectivity index (χ3v) is 2.95. The zero-order valence-electron chi connectivity index (χ0n) is 13.5. The molecular weight excluding hydrogens is 313 g/mol. The molecule has 2 aromatic carbocycles. The van der Waals surface area contributed by atoms with Crippen LogP contribution >= 0.6 is 0 Å². The van der Waals surface area contributed by atoms with Gasteiger partial charge in [0.1, 0.15) is 29.7 Å². The summed E-state index contributed by atoms with van der Waals surface area (Å²) in [6.07, 6.45) is 0.347. The zero-order valence-corrected chi connectivity index (χ0v) is 13.5. The molecule has 0 aliphatic carbocycles. The zero-order chi connectivity index (χ0) is 17.2. The Morgan fingerprint density at radius 3 is 2.17 bits per heavy atom. The van der Waals surface area contributed by atoms with Crippen LogP contribution in [-0.2, 0) is 4.74 Å². The van der Waals surface area contributed by atoms with E-state index in [1.807, 2.05) is 6.92 Å². The molecule has 0 atom stereocenters. The van der Waals surface area contributed by atoms with Crippen LogP contribution < -0.4 is 14.8 Å². The van der Waals surface area contributed by atoms with Gasteiger partial charge in [0.2, 0.25) is 0 Å². The third-order valence-electron chi connectivity index (χ3n) is 2.95. The Morgan fingerprint density at radius 2 is 1.54 bits per heavy atom. The summed E-state index contributed by atoms with van der Waals surface area (Å²) in [5.41, 5.74) is 0. The molecule has 0 saturated carbocycles. The quantitative estimate of drug-likeness (QED) is 0.738. The summed E-state index contributed by atoms with van der Waals surface area (Å²) in [5.74, 6) is 1.53. The maximum absolute atomic E-state index is 12.8. The number of carbonyl (C=O) groups is 1. The van der Waals surface area contributed by atoms with Gasteiger partial charge in [0.05, 0.1) is 13.2 Å². The maximum atomic E-state index is 12.8. The topological polar surface area (TPSA) is 56.8 Å². The summed E-state index contributed by atoms with van der Waals surface area (Å²) >= 11 is 0. The number of nitrogens with one attached hydrogen (secondary N) is 1. The molecule has 5 nitrogen and oxygen atoms in total. The molecule has 0 aromatic heterocycles. The highest BCUT2D eigenvalue weighted by atomic mass is 19.1. The lowest BCUT2D eigenvalue weighted by atomic mass is 10.3. The third kappa shape index (κ3) is 6.16. The second-order valence-corrected chi connectivity index (χ2v) is 4.94. The van der Waals surface area contributed by atoms with Crippen molar-refractivity contribution in [3.63, 3.8) is 0 Å². The fourth-order valence-electron chi connectivity index (χ4n) is 1.81. The minimum atomic E-state index is -0.441. The molecule has 0 spiro atoms. The van der Waals surface area contributed by atoms with Gasteiger partial charge in [-0.1, -0.05) is 6.92 Å². The first kappa shape index (κ1) is 17.6. The van der Waals surface area contributed by atoms with Crippen LogP contribution in [0.15, 0.2) is 48.5 Å². The monoisotopic (exact) mass is 333 g/mol. The van der Waals surface area contributed by atoms with Crippen LogP contribution in [-0.4, -0.2) is 25.9 Å². The van der Waals surface area contributed by atoms with E-state index in [1.54, 1.807) is 36.4 Å². The van der Waals surface area contributed by atoms with E-state index in [9.17, 15) is 9.18 Å². The lowest BCUT2D eigenvalue weighted by Gasteiger charge is -2.09. The number of rotatable bonds is 8. The molecule has 0 heterocycles. The minimum absolute atomic E-state index is 0.307. The smallest absolute Gasteiger partial charge is 0.407 e. The van der Waals surface area contributed by atoms with Crippen LogP contribution in [0.5, 0.6) is 17.2 Å². The Morgan fingerprint density at radius 1 is 0.958 bits per heavy atom. The Labute approximate surface area is 140 Å². The minimum Gasteiger partial charge on any atom is -0.492 e. The average Bonchev–Trinajstić information content (AvgIpc) is 2.60. The normalized spacial score (nSPS) is 10.1. The van der Waals surface area contributed by atoms with Gasteiger partial charge in [-0.15, -0.1) is 0 Å². The molecule has 2 aromatic rings. The summed E-state index contributed by atoms with van der Waals surface area (Å²) in [6.45, 7) is 3.03. The van der Waals surface area contributed by atoms with Crippen molar-refractivity contribution in [3.05, 3.63) is 54.3 Å². The second-order valence-electron chi connectivity index (χ2n) is 4.94. The van der Waals surface area contributed by atoms with Gasteiger partial charge >= 0.3 is 6.09 Å². The first-order chi connectivity index (χ1) is 11.7. The number of ether oxygens (including phenoxy) is 3. The summed E-state index contributed by atoms with van der Waals surface area (Å²) in [6, 6.07) is 12.8. The van der Waals surface area contributed by atoms with Crippen molar-refractivity contribution in [2.75, 3.05) is 19.8 Å². The average molecular weight is 333 g/mol. The Bertz CT molecular complexity index is 628. The summed E-state index contributed by atoms with van der Waals surface area (Å²) < 4.78 is 28.8. The number of halogens is 1. The number of hydrogen-bond donors (Lipinski definition) is 1. The van der Waals surface area contributed by atoms with Crippen LogP contribution in [0.25, 0.3) is 0 Å². The van der Waals surface area contributed by atoms with Gasteiger partial charge in [0.15, 0.2) is 0 Å². The van der Waals surface area contributed by atoms with Crippen LogP contribution in [0.4, 0.5) is 9.18 Å². The Hall–Kier alpha value is -2.76. The molecule has 0 radical (unpaired) electrons. The lowest BCUT2D eigenvalue weighted by molar-refractivity contribution is 0.144. The maximum Gasteiger partial charge on any atom is 0.407 e. The molecule has 0 unspecified atom stereocenters. The largest absolute Gasteiger partial charge is 0.492 e. The van der Waals surface area contributed by atoms with Gasteiger partial charge < -0.3 is 19.5 Å². The second kappa shape index (κ2) is 9.39. The molecule has 24 heavy (non-hydrogen) atoms. The lowest BCUT2D eigenvalue weighted by Crippen LogP contribution is -2.28. The van der Waals surface area contributed by atoms with Gasteiger partial charge in [-0.2, -0.15) is 0 Å².